The number of carbonyl (C=O) groups excluding carboxylic acids is 1. The van der Waals surface area contributed by atoms with E-state index < -0.39 is 0 Å². The molecule has 1 amide bonds. The lowest BCUT2D eigenvalue weighted by molar-refractivity contribution is 0.0995. The van der Waals surface area contributed by atoms with Gasteiger partial charge in [-0.2, -0.15) is 5.10 Å². The molecule has 158 valence electrons. The van der Waals surface area contributed by atoms with Gasteiger partial charge in [-0.25, -0.2) is 4.98 Å². The van der Waals surface area contributed by atoms with Crippen LogP contribution in [-0.2, 0) is 13.1 Å². The SMILES string of the molecule is CC.CCCn1ccc(N2Cc3nc(-c4cnc(OC)c(OC)c4)ccc3C2=O)n1. The molecule has 0 radical (unpaired) electrons. The van der Waals surface area contributed by atoms with Crippen molar-refractivity contribution in [2.24, 2.45) is 0 Å². The van der Waals surface area contributed by atoms with Gasteiger partial charge in [-0.15, -0.1) is 0 Å². The Morgan fingerprint density at radius 2 is 1.93 bits per heavy atom. The zero-order valence-corrected chi connectivity index (χ0v) is 18.0. The Morgan fingerprint density at radius 1 is 1.13 bits per heavy atom. The van der Waals surface area contributed by atoms with Crippen LogP contribution in [0.25, 0.3) is 11.3 Å². The Bertz CT molecular complexity index is 1030. The van der Waals surface area contributed by atoms with E-state index in [1.54, 1.807) is 31.4 Å². The molecule has 0 atom stereocenters. The molecule has 0 saturated heterocycles. The number of ether oxygens (including phenoxy) is 2. The van der Waals surface area contributed by atoms with Crippen molar-refractivity contribution in [2.75, 3.05) is 19.1 Å². The van der Waals surface area contributed by atoms with Gasteiger partial charge in [-0.1, -0.05) is 20.8 Å². The van der Waals surface area contributed by atoms with Crippen molar-refractivity contribution in [2.45, 2.75) is 40.3 Å². The lowest BCUT2D eigenvalue weighted by Crippen LogP contribution is -2.23. The minimum Gasteiger partial charge on any atom is -0.491 e. The number of carbonyl (C=O) groups is 1. The minimum atomic E-state index is -0.0822. The fourth-order valence-electron chi connectivity index (χ4n) is 3.25. The second-order valence-corrected chi connectivity index (χ2v) is 6.45. The van der Waals surface area contributed by atoms with Gasteiger partial charge in [0.25, 0.3) is 11.8 Å². The number of methoxy groups -OCH3 is 2. The molecule has 0 unspecified atom stereocenters. The van der Waals surface area contributed by atoms with Crippen molar-refractivity contribution in [3.05, 3.63) is 47.9 Å². The number of anilines is 1. The van der Waals surface area contributed by atoms with E-state index in [4.69, 9.17) is 14.5 Å². The van der Waals surface area contributed by atoms with Crippen LogP contribution >= 0.6 is 0 Å². The summed E-state index contributed by atoms with van der Waals surface area (Å²) < 4.78 is 12.3. The third-order valence-electron chi connectivity index (χ3n) is 4.64. The Morgan fingerprint density at radius 3 is 2.63 bits per heavy atom. The molecular formula is C22H27N5O3. The standard InChI is InChI=1S/C20H21N5O3.C2H6/c1-4-8-24-9-7-18(23-24)25-12-16-14(20(25)26)5-6-15(22-16)13-10-17(27-2)19(28-3)21-11-13;1-2/h5-7,9-11H,4,8,12H2,1-3H3;1-2H3. The fourth-order valence-corrected chi connectivity index (χ4v) is 3.25. The number of hydrogen-bond acceptors (Lipinski definition) is 6. The normalized spacial score (nSPS) is 12.3. The molecule has 30 heavy (non-hydrogen) atoms. The molecule has 0 saturated carbocycles. The van der Waals surface area contributed by atoms with Crippen LogP contribution < -0.4 is 14.4 Å². The van der Waals surface area contributed by atoms with E-state index in [0.717, 1.165) is 29.9 Å². The predicted octanol–water partition coefficient (Wildman–Crippen LogP) is 3.95. The van der Waals surface area contributed by atoms with Crippen molar-refractivity contribution in [3.63, 3.8) is 0 Å². The molecule has 1 aliphatic heterocycles. The van der Waals surface area contributed by atoms with Gasteiger partial charge in [-0.3, -0.25) is 19.4 Å². The Balaban J connectivity index is 0.00000124. The van der Waals surface area contributed by atoms with Crippen molar-refractivity contribution in [3.8, 4) is 22.9 Å². The van der Waals surface area contributed by atoms with Crippen LogP contribution in [0.3, 0.4) is 0 Å². The van der Waals surface area contributed by atoms with Gasteiger partial charge in [0.15, 0.2) is 11.6 Å². The maximum absolute atomic E-state index is 12.8. The van der Waals surface area contributed by atoms with E-state index in [1.807, 2.05) is 42.9 Å². The number of nitrogens with zero attached hydrogens (tertiary/aromatic N) is 5. The van der Waals surface area contributed by atoms with Crippen molar-refractivity contribution >= 4 is 11.7 Å². The van der Waals surface area contributed by atoms with Crippen molar-refractivity contribution < 1.29 is 14.3 Å². The van der Waals surface area contributed by atoms with Crippen LogP contribution in [-0.4, -0.2) is 39.9 Å². The highest BCUT2D eigenvalue weighted by atomic mass is 16.5. The van der Waals surface area contributed by atoms with Gasteiger partial charge in [0, 0.05) is 30.6 Å². The molecule has 4 heterocycles. The number of aromatic nitrogens is 4. The van der Waals surface area contributed by atoms with E-state index in [-0.39, 0.29) is 5.91 Å². The van der Waals surface area contributed by atoms with Crippen LogP contribution in [0.1, 0.15) is 43.2 Å². The van der Waals surface area contributed by atoms with Crippen molar-refractivity contribution in [1.82, 2.24) is 19.7 Å². The summed E-state index contributed by atoms with van der Waals surface area (Å²) in [5.74, 6) is 1.50. The van der Waals surface area contributed by atoms with Crippen molar-refractivity contribution in [1.29, 1.82) is 0 Å². The van der Waals surface area contributed by atoms with Gasteiger partial charge in [0.05, 0.1) is 37.7 Å². The Kier molecular flexibility index (Phi) is 6.66. The molecule has 0 spiro atoms. The maximum atomic E-state index is 12.8. The number of fused-ring (bicyclic) bond motifs is 1. The Hall–Kier alpha value is -3.42. The molecule has 4 rings (SSSR count). The van der Waals surface area contributed by atoms with E-state index in [9.17, 15) is 4.79 Å². The number of amides is 1. The van der Waals surface area contributed by atoms with Gasteiger partial charge < -0.3 is 9.47 Å². The fraction of sp³-hybridized carbons (Fsp3) is 0.364. The zero-order valence-electron chi connectivity index (χ0n) is 18.0. The summed E-state index contributed by atoms with van der Waals surface area (Å²) in [6.45, 7) is 7.31. The van der Waals surface area contributed by atoms with Crippen LogP contribution in [0.5, 0.6) is 11.6 Å². The average molecular weight is 409 g/mol. The predicted molar refractivity (Wildman–Crippen MR) is 115 cm³/mol. The lowest BCUT2D eigenvalue weighted by Gasteiger charge is -2.11. The first-order valence-corrected chi connectivity index (χ1v) is 10.1. The topological polar surface area (TPSA) is 82.4 Å². The van der Waals surface area contributed by atoms with E-state index in [0.29, 0.717) is 29.6 Å². The summed E-state index contributed by atoms with van der Waals surface area (Å²) in [6.07, 6.45) is 4.56. The minimum absolute atomic E-state index is 0.0822. The Labute approximate surface area is 176 Å². The second kappa shape index (κ2) is 9.39. The smallest absolute Gasteiger partial charge is 0.261 e. The highest BCUT2D eigenvalue weighted by Crippen LogP contribution is 2.32. The maximum Gasteiger partial charge on any atom is 0.261 e. The molecule has 8 nitrogen and oxygen atoms in total. The molecule has 0 aliphatic carbocycles. The lowest BCUT2D eigenvalue weighted by atomic mass is 10.1. The largest absolute Gasteiger partial charge is 0.491 e. The molecule has 0 N–H and O–H groups in total. The summed E-state index contributed by atoms with van der Waals surface area (Å²) in [5, 5.41) is 4.49. The number of aryl methyl sites for hydroxylation is 1. The highest BCUT2D eigenvalue weighted by Gasteiger charge is 2.31. The first kappa shape index (κ1) is 21.3. The molecule has 0 bridgehead atoms. The molecule has 3 aromatic rings. The monoisotopic (exact) mass is 409 g/mol. The summed E-state index contributed by atoms with van der Waals surface area (Å²) in [6, 6.07) is 7.30. The number of rotatable bonds is 6. The third-order valence-corrected chi connectivity index (χ3v) is 4.64. The second-order valence-electron chi connectivity index (χ2n) is 6.45. The first-order valence-electron chi connectivity index (χ1n) is 10.1. The van der Waals surface area contributed by atoms with E-state index in [1.165, 1.54) is 0 Å². The molecule has 3 aromatic heterocycles. The van der Waals surface area contributed by atoms with Gasteiger partial charge in [-0.05, 0) is 24.6 Å². The van der Waals surface area contributed by atoms with E-state index >= 15 is 0 Å². The summed E-state index contributed by atoms with van der Waals surface area (Å²) in [4.78, 5) is 23.4. The quantitative estimate of drug-likeness (QED) is 0.613. The molecule has 1 aliphatic rings. The third kappa shape index (κ3) is 3.98. The van der Waals surface area contributed by atoms with Crippen LogP contribution in [0.15, 0.2) is 36.7 Å². The molecular weight excluding hydrogens is 382 g/mol. The summed E-state index contributed by atoms with van der Waals surface area (Å²) in [7, 11) is 3.11. The number of pyridine rings is 2. The molecule has 0 aromatic carbocycles. The van der Waals surface area contributed by atoms with Gasteiger partial charge in [0.1, 0.15) is 0 Å². The first-order chi connectivity index (χ1) is 14.6. The molecule has 8 heteroatoms. The highest BCUT2D eigenvalue weighted by molar-refractivity contribution is 6.09. The summed E-state index contributed by atoms with van der Waals surface area (Å²) in [5.41, 5.74) is 2.83. The van der Waals surface area contributed by atoms with Gasteiger partial charge in [0.2, 0.25) is 0 Å². The van der Waals surface area contributed by atoms with Crippen LogP contribution in [0, 0.1) is 0 Å². The van der Waals surface area contributed by atoms with Gasteiger partial charge >= 0.3 is 0 Å². The van der Waals surface area contributed by atoms with Crippen LogP contribution in [0.2, 0.25) is 0 Å². The average Bonchev–Trinajstić information content (AvgIpc) is 3.39. The number of hydrogen-bond donors (Lipinski definition) is 0. The van der Waals surface area contributed by atoms with E-state index in [2.05, 4.69) is 17.0 Å². The molecule has 0 fully saturated rings. The van der Waals surface area contributed by atoms with Crippen LogP contribution in [0.4, 0.5) is 5.82 Å². The summed E-state index contributed by atoms with van der Waals surface area (Å²) >= 11 is 0. The zero-order chi connectivity index (χ0) is 21.7.